The molecule has 7 heteroatoms. The number of halogens is 1. The topological polar surface area (TPSA) is 72.7 Å². The zero-order valence-electron chi connectivity index (χ0n) is 17.4. The molecule has 0 radical (unpaired) electrons. The monoisotopic (exact) mass is 437 g/mol. The SMILES string of the molecule is CC(C)COc1ccc(/C=N\NC(=O)c2cccn(Cc3ccc(Cl)cc3)c2=O)cc1. The van der Waals surface area contributed by atoms with Crippen LogP contribution in [0.15, 0.2) is 76.8 Å². The summed E-state index contributed by atoms with van der Waals surface area (Å²) in [4.78, 5) is 25.1. The molecule has 0 aliphatic carbocycles. The van der Waals surface area contributed by atoms with Gasteiger partial charge in [0.2, 0.25) is 0 Å². The number of amides is 1. The number of hydrogen-bond acceptors (Lipinski definition) is 4. The minimum absolute atomic E-state index is 0.0195. The average Bonchev–Trinajstić information content (AvgIpc) is 2.76. The number of nitrogens with one attached hydrogen (secondary N) is 1. The van der Waals surface area contributed by atoms with E-state index in [1.807, 2.05) is 36.4 Å². The van der Waals surface area contributed by atoms with Gasteiger partial charge in [0.1, 0.15) is 11.3 Å². The summed E-state index contributed by atoms with van der Waals surface area (Å²) in [5.74, 6) is 0.661. The maximum atomic E-state index is 12.7. The molecule has 0 aliphatic heterocycles. The van der Waals surface area contributed by atoms with Crippen LogP contribution in [0.5, 0.6) is 5.75 Å². The fourth-order valence-corrected chi connectivity index (χ4v) is 2.89. The van der Waals surface area contributed by atoms with Crippen molar-refractivity contribution >= 4 is 23.7 Å². The Balaban J connectivity index is 1.62. The van der Waals surface area contributed by atoms with Gasteiger partial charge in [-0.15, -0.1) is 0 Å². The Morgan fingerprint density at radius 1 is 1.13 bits per heavy atom. The van der Waals surface area contributed by atoms with Crippen molar-refractivity contribution in [1.29, 1.82) is 0 Å². The summed E-state index contributed by atoms with van der Waals surface area (Å²) >= 11 is 5.90. The summed E-state index contributed by atoms with van der Waals surface area (Å²) in [5.41, 5.74) is 3.74. The summed E-state index contributed by atoms with van der Waals surface area (Å²) in [5, 5.41) is 4.58. The molecular formula is C24H24ClN3O3. The largest absolute Gasteiger partial charge is 0.493 e. The van der Waals surface area contributed by atoms with Crippen LogP contribution in [-0.4, -0.2) is 23.3 Å². The lowest BCUT2D eigenvalue weighted by atomic mass is 10.2. The van der Waals surface area contributed by atoms with Crippen molar-refractivity contribution in [2.45, 2.75) is 20.4 Å². The molecule has 0 aliphatic rings. The predicted molar refractivity (Wildman–Crippen MR) is 123 cm³/mol. The lowest BCUT2D eigenvalue weighted by Gasteiger charge is -2.08. The van der Waals surface area contributed by atoms with Crippen molar-refractivity contribution in [3.05, 3.63) is 98.9 Å². The molecule has 0 unspecified atom stereocenters. The van der Waals surface area contributed by atoms with Gasteiger partial charge in [-0.25, -0.2) is 5.43 Å². The van der Waals surface area contributed by atoms with Gasteiger partial charge in [0, 0.05) is 11.2 Å². The molecule has 2 aromatic carbocycles. The molecule has 0 bridgehead atoms. The van der Waals surface area contributed by atoms with Gasteiger partial charge in [-0.3, -0.25) is 9.59 Å². The molecule has 1 aromatic heterocycles. The van der Waals surface area contributed by atoms with E-state index in [0.29, 0.717) is 24.1 Å². The quantitative estimate of drug-likeness (QED) is 0.420. The number of ether oxygens (including phenoxy) is 1. The first-order chi connectivity index (χ1) is 14.9. The molecule has 31 heavy (non-hydrogen) atoms. The molecule has 3 rings (SSSR count). The number of aromatic nitrogens is 1. The lowest BCUT2D eigenvalue weighted by Crippen LogP contribution is -2.30. The highest BCUT2D eigenvalue weighted by atomic mass is 35.5. The molecular weight excluding hydrogens is 414 g/mol. The van der Waals surface area contributed by atoms with E-state index >= 15 is 0 Å². The van der Waals surface area contributed by atoms with Gasteiger partial charge in [0.05, 0.1) is 19.4 Å². The molecule has 0 fully saturated rings. The van der Waals surface area contributed by atoms with Crippen LogP contribution in [0.2, 0.25) is 5.02 Å². The highest BCUT2D eigenvalue weighted by molar-refractivity contribution is 6.30. The van der Waals surface area contributed by atoms with Crippen LogP contribution in [0.4, 0.5) is 0 Å². The van der Waals surface area contributed by atoms with E-state index in [1.165, 1.54) is 16.8 Å². The molecule has 0 spiro atoms. The van der Waals surface area contributed by atoms with Gasteiger partial charge in [0.25, 0.3) is 11.5 Å². The van der Waals surface area contributed by atoms with Crippen molar-refractivity contribution in [1.82, 2.24) is 9.99 Å². The highest BCUT2D eigenvalue weighted by Crippen LogP contribution is 2.12. The van der Waals surface area contributed by atoms with Crippen LogP contribution in [0.1, 0.15) is 35.3 Å². The smallest absolute Gasteiger partial charge is 0.276 e. The fraction of sp³-hybridized carbons (Fsp3) is 0.208. The van der Waals surface area contributed by atoms with Crippen molar-refractivity contribution in [2.75, 3.05) is 6.61 Å². The van der Waals surface area contributed by atoms with Crippen LogP contribution < -0.4 is 15.7 Å². The van der Waals surface area contributed by atoms with Gasteiger partial charge in [-0.1, -0.05) is 37.6 Å². The van der Waals surface area contributed by atoms with Gasteiger partial charge in [-0.05, 0) is 65.6 Å². The molecule has 0 saturated carbocycles. The van der Waals surface area contributed by atoms with E-state index in [9.17, 15) is 9.59 Å². The van der Waals surface area contributed by atoms with Gasteiger partial charge < -0.3 is 9.30 Å². The second kappa shape index (κ2) is 10.6. The number of rotatable bonds is 8. The minimum atomic E-state index is -0.566. The molecule has 3 aromatic rings. The molecule has 1 N–H and O–H groups in total. The number of benzene rings is 2. The van der Waals surface area contributed by atoms with E-state index in [0.717, 1.165) is 16.9 Å². The molecule has 0 atom stereocenters. The maximum Gasteiger partial charge on any atom is 0.276 e. The Kier molecular flexibility index (Phi) is 7.62. The van der Waals surface area contributed by atoms with Crippen LogP contribution in [-0.2, 0) is 6.54 Å². The van der Waals surface area contributed by atoms with Crippen molar-refractivity contribution in [2.24, 2.45) is 11.0 Å². The Labute approximate surface area is 186 Å². The number of carbonyl (C=O) groups is 1. The van der Waals surface area contributed by atoms with Crippen LogP contribution in [0.25, 0.3) is 0 Å². The van der Waals surface area contributed by atoms with Gasteiger partial charge in [0.15, 0.2) is 0 Å². The van der Waals surface area contributed by atoms with E-state index in [-0.39, 0.29) is 5.56 Å². The third-order valence-corrected chi connectivity index (χ3v) is 4.63. The van der Waals surface area contributed by atoms with E-state index in [2.05, 4.69) is 24.4 Å². The number of hydrogen-bond donors (Lipinski definition) is 1. The Morgan fingerprint density at radius 3 is 2.52 bits per heavy atom. The Bertz CT molecular complexity index is 1100. The zero-order chi connectivity index (χ0) is 22.2. The minimum Gasteiger partial charge on any atom is -0.493 e. The lowest BCUT2D eigenvalue weighted by molar-refractivity contribution is 0.0953. The first-order valence-corrected chi connectivity index (χ1v) is 10.3. The molecule has 1 heterocycles. The average molecular weight is 438 g/mol. The van der Waals surface area contributed by atoms with Crippen LogP contribution in [0.3, 0.4) is 0 Å². The van der Waals surface area contributed by atoms with E-state index < -0.39 is 11.5 Å². The normalized spacial score (nSPS) is 11.1. The standard InChI is InChI=1S/C24H24ClN3O3/c1-17(2)16-31-21-11-7-18(8-12-21)14-26-27-23(29)22-4-3-13-28(24(22)30)15-19-5-9-20(25)10-6-19/h3-14,17H,15-16H2,1-2H3,(H,27,29)/b26-14-. The summed E-state index contributed by atoms with van der Waals surface area (Å²) in [6.07, 6.45) is 3.15. The maximum absolute atomic E-state index is 12.7. The fourth-order valence-electron chi connectivity index (χ4n) is 2.76. The zero-order valence-corrected chi connectivity index (χ0v) is 18.2. The van der Waals surface area contributed by atoms with Crippen molar-refractivity contribution in [3.63, 3.8) is 0 Å². The predicted octanol–water partition coefficient (Wildman–Crippen LogP) is 4.35. The van der Waals surface area contributed by atoms with Gasteiger partial charge in [-0.2, -0.15) is 5.10 Å². The van der Waals surface area contributed by atoms with E-state index in [1.54, 1.807) is 24.4 Å². The second-order valence-electron chi connectivity index (χ2n) is 7.45. The molecule has 160 valence electrons. The third-order valence-electron chi connectivity index (χ3n) is 4.37. The Morgan fingerprint density at radius 2 is 1.84 bits per heavy atom. The Hall–Kier alpha value is -3.38. The first-order valence-electron chi connectivity index (χ1n) is 9.92. The van der Waals surface area contributed by atoms with Crippen LogP contribution in [0, 0.1) is 5.92 Å². The molecule has 1 amide bonds. The molecule has 0 saturated heterocycles. The van der Waals surface area contributed by atoms with Gasteiger partial charge >= 0.3 is 0 Å². The summed E-state index contributed by atoms with van der Waals surface area (Å²) in [6.45, 7) is 5.16. The highest BCUT2D eigenvalue weighted by Gasteiger charge is 2.11. The summed E-state index contributed by atoms with van der Waals surface area (Å²) in [7, 11) is 0. The number of nitrogens with zero attached hydrogens (tertiary/aromatic N) is 2. The van der Waals surface area contributed by atoms with Crippen LogP contribution >= 0.6 is 11.6 Å². The second-order valence-corrected chi connectivity index (χ2v) is 7.89. The first kappa shape index (κ1) is 22.3. The summed E-state index contributed by atoms with van der Waals surface area (Å²) < 4.78 is 7.11. The van der Waals surface area contributed by atoms with Crippen molar-refractivity contribution < 1.29 is 9.53 Å². The van der Waals surface area contributed by atoms with E-state index in [4.69, 9.17) is 16.3 Å². The number of pyridine rings is 1. The number of hydrazone groups is 1. The van der Waals surface area contributed by atoms with Crippen molar-refractivity contribution in [3.8, 4) is 5.75 Å². The molecule has 6 nitrogen and oxygen atoms in total. The summed E-state index contributed by atoms with van der Waals surface area (Å²) in [6, 6.07) is 17.7. The third kappa shape index (κ3) is 6.55. The number of carbonyl (C=O) groups excluding carboxylic acids is 1.